The van der Waals surface area contributed by atoms with Crippen molar-refractivity contribution in [2.24, 2.45) is 0 Å². The van der Waals surface area contributed by atoms with Crippen molar-refractivity contribution >= 4 is 19.8 Å². The molecule has 0 bridgehead atoms. The van der Waals surface area contributed by atoms with Gasteiger partial charge in [0, 0.05) is 12.8 Å². The molecule has 0 aliphatic carbocycles. The highest BCUT2D eigenvalue weighted by atomic mass is 31.2. The van der Waals surface area contributed by atoms with Crippen molar-refractivity contribution in [3.8, 4) is 0 Å². The Morgan fingerprint density at radius 1 is 0.529 bits per heavy atom. The highest BCUT2D eigenvalue weighted by Crippen LogP contribution is 2.38. The van der Waals surface area contributed by atoms with Gasteiger partial charge in [0.15, 0.2) is 6.10 Å². The van der Waals surface area contributed by atoms with Crippen LogP contribution in [0.2, 0.25) is 0 Å². The van der Waals surface area contributed by atoms with E-state index >= 15 is 0 Å². The first-order valence-electron chi connectivity index (χ1n) is 21.2. The molecule has 0 N–H and O–H groups in total. The van der Waals surface area contributed by atoms with Crippen LogP contribution < -0.4 is 4.89 Å². The number of carbonyl (C=O) groups is 2. The molecule has 0 saturated carbocycles. The summed E-state index contributed by atoms with van der Waals surface area (Å²) in [6.07, 6.45) is 32.6. The van der Waals surface area contributed by atoms with Crippen LogP contribution in [0.3, 0.4) is 0 Å². The summed E-state index contributed by atoms with van der Waals surface area (Å²) in [5.41, 5.74) is 0. The monoisotopic (exact) mass is 748 g/mol. The van der Waals surface area contributed by atoms with Crippen molar-refractivity contribution < 1.29 is 42.1 Å². The minimum absolute atomic E-state index is 0.0258. The molecular formula is C41H82NO8P. The molecule has 0 aliphatic heterocycles. The number of phosphoric acid groups is 1. The Bertz CT molecular complexity index is 850. The van der Waals surface area contributed by atoms with E-state index in [0.717, 1.165) is 32.1 Å². The van der Waals surface area contributed by atoms with E-state index in [1.165, 1.54) is 135 Å². The third-order valence-corrected chi connectivity index (χ3v) is 10.3. The number of nitrogens with zero attached hydrogens (tertiary/aromatic N) is 1. The number of phosphoric ester groups is 1. The fraction of sp³-hybridized carbons (Fsp3) is 0.951. The molecule has 0 radical (unpaired) electrons. The van der Waals surface area contributed by atoms with Crippen LogP contribution in [0.5, 0.6) is 0 Å². The van der Waals surface area contributed by atoms with Gasteiger partial charge in [0.1, 0.15) is 19.8 Å². The molecule has 0 aromatic rings. The summed E-state index contributed by atoms with van der Waals surface area (Å²) in [7, 11) is 1.18. The molecule has 51 heavy (non-hydrogen) atoms. The number of quaternary nitrogens is 1. The average Bonchev–Trinajstić information content (AvgIpc) is 3.07. The first-order valence-corrected chi connectivity index (χ1v) is 22.7. The second kappa shape index (κ2) is 34.8. The van der Waals surface area contributed by atoms with Crippen molar-refractivity contribution in [1.82, 2.24) is 0 Å². The number of hydrogen-bond acceptors (Lipinski definition) is 8. The zero-order valence-corrected chi connectivity index (χ0v) is 35.0. The van der Waals surface area contributed by atoms with Gasteiger partial charge in [-0.3, -0.25) is 14.2 Å². The lowest BCUT2D eigenvalue weighted by molar-refractivity contribution is -0.870. The van der Waals surface area contributed by atoms with Gasteiger partial charge in [-0.25, -0.2) is 0 Å². The Labute approximate surface area is 314 Å². The molecule has 0 fully saturated rings. The maximum absolute atomic E-state index is 12.6. The quantitative estimate of drug-likeness (QED) is 0.0264. The SMILES string of the molecule is CCCCCCCCCCCCCCCCC(=O)OCC(COP(=O)([O-])OCC[N+](C)(C)C)OC(=O)CCCCCCCCCCCCCCC. The van der Waals surface area contributed by atoms with Crippen molar-refractivity contribution in [3.63, 3.8) is 0 Å². The number of likely N-dealkylation sites (N-methyl/N-ethyl adjacent to an activating group) is 1. The van der Waals surface area contributed by atoms with Crippen molar-refractivity contribution in [2.45, 2.75) is 206 Å². The lowest BCUT2D eigenvalue weighted by Gasteiger charge is -2.28. The second-order valence-corrected chi connectivity index (χ2v) is 17.1. The predicted molar refractivity (Wildman–Crippen MR) is 208 cm³/mol. The molecule has 2 unspecified atom stereocenters. The minimum atomic E-state index is -4.61. The van der Waals surface area contributed by atoms with Gasteiger partial charge in [0.25, 0.3) is 7.82 Å². The standard InChI is InChI=1S/C41H82NO8P/c1-6-8-10-12-14-16-18-20-22-23-25-27-29-31-33-40(43)47-37-39(38-49-51(45,46)48-36-35-42(3,4)5)50-41(44)34-32-30-28-26-24-21-19-17-15-13-11-9-7-2/h39H,6-38H2,1-5H3. The molecule has 304 valence electrons. The molecule has 0 spiro atoms. The molecule has 0 heterocycles. The van der Waals surface area contributed by atoms with E-state index in [9.17, 15) is 19.0 Å². The van der Waals surface area contributed by atoms with Gasteiger partial charge in [-0.1, -0.05) is 174 Å². The molecule has 2 atom stereocenters. The molecule has 0 aromatic carbocycles. The Morgan fingerprint density at radius 2 is 0.882 bits per heavy atom. The molecular weight excluding hydrogens is 665 g/mol. The topological polar surface area (TPSA) is 111 Å². The molecule has 0 rings (SSSR count). The van der Waals surface area contributed by atoms with E-state index in [4.69, 9.17) is 18.5 Å². The van der Waals surface area contributed by atoms with Crippen LogP contribution >= 0.6 is 7.82 Å². The highest BCUT2D eigenvalue weighted by molar-refractivity contribution is 7.45. The molecule has 0 aliphatic rings. The number of ether oxygens (including phenoxy) is 2. The molecule has 9 nitrogen and oxygen atoms in total. The van der Waals surface area contributed by atoms with Gasteiger partial charge in [-0.05, 0) is 12.8 Å². The maximum Gasteiger partial charge on any atom is 0.306 e. The summed E-state index contributed by atoms with van der Waals surface area (Å²) in [5, 5.41) is 0. The van der Waals surface area contributed by atoms with Crippen molar-refractivity contribution in [3.05, 3.63) is 0 Å². The largest absolute Gasteiger partial charge is 0.756 e. The number of carbonyl (C=O) groups excluding carboxylic acids is 2. The lowest BCUT2D eigenvalue weighted by Crippen LogP contribution is -2.37. The predicted octanol–water partition coefficient (Wildman–Crippen LogP) is 11.0. The first kappa shape index (κ1) is 50.0. The van der Waals surface area contributed by atoms with Crippen LogP contribution in [0.15, 0.2) is 0 Å². The molecule has 0 aromatic heterocycles. The van der Waals surface area contributed by atoms with Crippen LogP contribution in [0.1, 0.15) is 200 Å². The van der Waals surface area contributed by atoms with E-state index < -0.39 is 26.5 Å². The lowest BCUT2D eigenvalue weighted by atomic mass is 10.0. The third kappa shape index (κ3) is 38.5. The van der Waals surface area contributed by atoms with Crippen LogP contribution in [0.4, 0.5) is 0 Å². The Hall–Kier alpha value is -0.990. The summed E-state index contributed by atoms with van der Waals surface area (Å²) in [5.74, 6) is -0.822. The van der Waals surface area contributed by atoms with Gasteiger partial charge in [0.05, 0.1) is 27.7 Å². The van der Waals surface area contributed by atoms with E-state index in [1.807, 2.05) is 21.1 Å². The van der Waals surface area contributed by atoms with E-state index in [1.54, 1.807) is 0 Å². The summed E-state index contributed by atoms with van der Waals surface area (Å²) in [4.78, 5) is 37.4. The smallest absolute Gasteiger partial charge is 0.306 e. The molecule has 10 heteroatoms. The van der Waals surface area contributed by atoms with Gasteiger partial charge >= 0.3 is 11.9 Å². The van der Waals surface area contributed by atoms with Crippen LogP contribution in [-0.2, 0) is 32.7 Å². The van der Waals surface area contributed by atoms with Gasteiger partial charge in [-0.15, -0.1) is 0 Å². The number of esters is 2. The zero-order chi connectivity index (χ0) is 37.9. The van der Waals surface area contributed by atoms with Crippen LogP contribution in [0, 0.1) is 0 Å². The fourth-order valence-electron chi connectivity index (χ4n) is 6.01. The van der Waals surface area contributed by atoms with Gasteiger partial charge in [0.2, 0.25) is 0 Å². The Balaban J connectivity index is 4.34. The van der Waals surface area contributed by atoms with Crippen LogP contribution in [0.25, 0.3) is 0 Å². The van der Waals surface area contributed by atoms with E-state index in [0.29, 0.717) is 17.4 Å². The Morgan fingerprint density at radius 3 is 1.25 bits per heavy atom. The minimum Gasteiger partial charge on any atom is -0.756 e. The normalized spacial score (nSPS) is 13.6. The molecule has 0 saturated heterocycles. The van der Waals surface area contributed by atoms with Gasteiger partial charge < -0.3 is 27.9 Å². The average molecular weight is 748 g/mol. The third-order valence-electron chi connectivity index (χ3n) is 9.38. The van der Waals surface area contributed by atoms with E-state index in [2.05, 4.69) is 13.8 Å². The van der Waals surface area contributed by atoms with Gasteiger partial charge in [-0.2, -0.15) is 0 Å². The number of unbranched alkanes of at least 4 members (excludes halogenated alkanes) is 25. The fourth-order valence-corrected chi connectivity index (χ4v) is 6.74. The Kier molecular flexibility index (Phi) is 34.1. The van der Waals surface area contributed by atoms with E-state index in [-0.39, 0.29) is 32.0 Å². The summed E-state index contributed by atoms with van der Waals surface area (Å²) in [6, 6.07) is 0. The first-order chi connectivity index (χ1) is 24.5. The number of hydrogen-bond donors (Lipinski definition) is 0. The summed E-state index contributed by atoms with van der Waals surface area (Å²) >= 11 is 0. The molecule has 0 amide bonds. The highest BCUT2D eigenvalue weighted by Gasteiger charge is 2.21. The summed E-state index contributed by atoms with van der Waals surface area (Å²) < 4.78 is 33.8. The summed E-state index contributed by atoms with van der Waals surface area (Å²) in [6.45, 7) is 4.25. The second-order valence-electron chi connectivity index (χ2n) is 15.7. The zero-order valence-electron chi connectivity index (χ0n) is 34.1. The van der Waals surface area contributed by atoms with Crippen LogP contribution in [-0.4, -0.2) is 70.0 Å². The maximum atomic E-state index is 12.6. The van der Waals surface area contributed by atoms with Crippen molar-refractivity contribution in [2.75, 3.05) is 47.5 Å². The van der Waals surface area contributed by atoms with Crippen molar-refractivity contribution in [1.29, 1.82) is 0 Å². The number of rotatable bonds is 39.